The van der Waals surface area contributed by atoms with Crippen LogP contribution in [0.15, 0.2) is 0 Å². The molecule has 0 bridgehead atoms. The summed E-state index contributed by atoms with van der Waals surface area (Å²) in [4.78, 5) is 0. The van der Waals surface area contributed by atoms with Crippen LogP contribution in [0, 0.1) is 5.92 Å². The molecule has 0 aromatic heterocycles. The molecule has 1 aliphatic heterocycles. The minimum Gasteiger partial charge on any atom is -0.324 e. The Kier molecular flexibility index (Phi) is 1.08. The van der Waals surface area contributed by atoms with Crippen molar-refractivity contribution in [3.8, 4) is 0 Å². The maximum absolute atomic E-state index is 6.10. The van der Waals surface area contributed by atoms with Gasteiger partial charge in [0.2, 0.25) is 0 Å². The van der Waals surface area contributed by atoms with Gasteiger partial charge >= 0.3 is 0 Å². The summed E-state index contributed by atoms with van der Waals surface area (Å²) < 4.78 is 0. The first-order chi connectivity index (χ1) is 4.31. The lowest BCUT2D eigenvalue weighted by atomic mass is 9.92. The Balaban J connectivity index is 2.17. The maximum Gasteiger partial charge on any atom is 0.0321 e. The van der Waals surface area contributed by atoms with Crippen LogP contribution in [0.4, 0.5) is 0 Å². The minimum atomic E-state index is 0.194. The Labute approximate surface area is 55.8 Å². The number of nitrogens with two attached hydrogens (primary N) is 1. The lowest BCUT2D eigenvalue weighted by molar-refractivity contribution is 0.402. The zero-order valence-corrected chi connectivity index (χ0v) is 5.69. The molecule has 2 atom stereocenters. The average molecular weight is 126 g/mol. The summed E-state index contributed by atoms with van der Waals surface area (Å²) in [6.45, 7) is 2.22. The lowest BCUT2D eigenvalue weighted by Crippen LogP contribution is -2.43. The SMILES string of the molecule is NC12CCCC1CNC2. The molecule has 0 spiro atoms. The van der Waals surface area contributed by atoms with Crippen LogP contribution < -0.4 is 11.1 Å². The minimum absolute atomic E-state index is 0.194. The topological polar surface area (TPSA) is 38.0 Å². The van der Waals surface area contributed by atoms with E-state index in [1.54, 1.807) is 0 Å². The first-order valence-electron chi connectivity index (χ1n) is 3.81. The number of nitrogens with one attached hydrogen (secondary N) is 1. The van der Waals surface area contributed by atoms with Gasteiger partial charge in [0.1, 0.15) is 0 Å². The second-order valence-electron chi connectivity index (χ2n) is 3.45. The third kappa shape index (κ3) is 0.700. The van der Waals surface area contributed by atoms with E-state index in [9.17, 15) is 0 Å². The van der Waals surface area contributed by atoms with E-state index in [1.165, 1.54) is 19.3 Å². The number of fused-ring (bicyclic) bond motifs is 1. The monoisotopic (exact) mass is 126 g/mol. The molecule has 2 aliphatic rings. The van der Waals surface area contributed by atoms with Crippen LogP contribution in [0.3, 0.4) is 0 Å². The summed E-state index contributed by atoms with van der Waals surface area (Å²) in [6, 6.07) is 0. The van der Waals surface area contributed by atoms with Crippen molar-refractivity contribution >= 4 is 0 Å². The fraction of sp³-hybridized carbons (Fsp3) is 1.00. The molecule has 0 aromatic carbocycles. The molecule has 52 valence electrons. The molecule has 3 N–H and O–H groups in total. The number of rotatable bonds is 0. The van der Waals surface area contributed by atoms with Gasteiger partial charge in [-0.3, -0.25) is 0 Å². The summed E-state index contributed by atoms with van der Waals surface area (Å²) in [6.07, 6.45) is 3.94. The molecule has 0 aromatic rings. The van der Waals surface area contributed by atoms with E-state index in [-0.39, 0.29) is 5.54 Å². The third-order valence-corrected chi connectivity index (χ3v) is 2.85. The van der Waals surface area contributed by atoms with Crippen molar-refractivity contribution in [3.63, 3.8) is 0 Å². The molecule has 2 fully saturated rings. The van der Waals surface area contributed by atoms with Crippen molar-refractivity contribution in [2.24, 2.45) is 11.7 Å². The van der Waals surface area contributed by atoms with Crippen molar-refractivity contribution in [2.75, 3.05) is 13.1 Å². The zero-order valence-electron chi connectivity index (χ0n) is 5.69. The quantitative estimate of drug-likeness (QED) is 0.482. The molecule has 2 rings (SSSR count). The van der Waals surface area contributed by atoms with Gasteiger partial charge in [0, 0.05) is 12.1 Å². The highest BCUT2D eigenvalue weighted by molar-refractivity contribution is 5.03. The molecule has 1 heterocycles. The van der Waals surface area contributed by atoms with E-state index in [0.717, 1.165) is 19.0 Å². The van der Waals surface area contributed by atoms with Gasteiger partial charge in [0.15, 0.2) is 0 Å². The number of hydrogen-bond donors (Lipinski definition) is 2. The second kappa shape index (κ2) is 1.70. The van der Waals surface area contributed by atoms with Gasteiger partial charge < -0.3 is 11.1 Å². The van der Waals surface area contributed by atoms with E-state index in [0.29, 0.717) is 0 Å². The predicted molar refractivity (Wildman–Crippen MR) is 37.1 cm³/mol. The van der Waals surface area contributed by atoms with E-state index >= 15 is 0 Å². The molecular weight excluding hydrogens is 112 g/mol. The van der Waals surface area contributed by atoms with E-state index in [1.807, 2.05) is 0 Å². The first kappa shape index (κ1) is 5.69. The van der Waals surface area contributed by atoms with Crippen molar-refractivity contribution in [3.05, 3.63) is 0 Å². The van der Waals surface area contributed by atoms with Gasteiger partial charge in [-0.2, -0.15) is 0 Å². The van der Waals surface area contributed by atoms with E-state index in [2.05, 4.69) is 5.32 Å². The van der Waals surface area contributed by atoms with Gasteiger partial charge in [0.05, 0.1) is 0 Å². The van der Waals surface area contributed by atoms with Crippen molar-refractivity contribution in [1.82, 2.24) is 5.32 Å². The Morgan fingerprint density at radius 1 is 1.56 bits per heavy atom. The second-order valence-corrected chi connectivity index (χ2v) is 3.45. The maximum atomic E-state index is 6.10. The molecule has 1 saturated heterocycles. The highest BCUT2D eigenvalue weighted by atomic mass is 15.0. The molecule has 9 heavy (non-hydrogen) atoms. The van der Waals surface area contributed by atoms with Crippen molar-refractivity contribution < 1.29 is 0 Å². The Morgan fingerprint density at radius 3 is 3.22 bits per heavy atom. The van der Waals surface area contributed by atoms with Crippen LogP contribution in [-0.4, -0.2) is 18.6 Å². The molecule has 0 radical (unpaired) electrons. The van der Waals surface area contributed by atoms with Gasteiger partial charge in [-0.25, -0.2) is 0 Å². The van der Waals surface area contributed by atoms with E-state index in [4.69, 9.17) is 5.73 Å². The fourth-order valence-corrected chi connectivity index (χ4v) is 2.19. The first-order valence-corrected chi connectivity index (χ1v) is 3.81. The Bertz CT molecular complexity index is 112. The van der Waals surface area contributed by atoms with E-state index < -0.39 is 0 Å². The van der Waals surface area contributed by atoms with Crippen LogP contribution in [0.5, 0.6) is 0 Å². The van der Waals surface area contributed by atoms with Crippen LogP contribution in [0.2, 0.25) is 0 Å². The summed E-state index contributed by atoms with van der Waals surface area (Å²) in [5.74, 6) is 0.789. The van der Waals surface area contributed by atoms with Gasteiger partial charge in [-0.05, 0) is 25.3 Å². The summed E-state index contributed by atoms with van der Waals surface area (Å²) in [5, 5.41) is 3.34. The van der Waals surface area contributed by atoms with Crippen molar-refractivity contribution in [1.29, 1.82) is 0 Å². The van der Waals surface area contributed by atoms with Crippen LogP contribution >= 0.6 is 0 Å². The lowest BCUT2D eigenvalue weighted by Gasteiger charge is -2.21. The highest BCUT2D eigenvalue weighted by Crippen LogP contribution is 2.35. The van der Waals surface area contributed by atoms with Crippen LogP contribution in [0.25, 0.3) is 0 Å². The van der Waals surface area contributed by atoms with Crippen molar-refractivity contribution in [2.45, 2.75) is 24.8 Å². The molecule has 2 heteroatoms. The van der Waals surface area contributed by atoms with Gasteiger partial charge in [-0.15, -0.1) is 0 Å². The van der Waals surface area contributed by atoms with Crippen LogP contribution in [-0.2, 0) is 0 Å². The van der Waals surface area contributed by atoms with Gasteiger partial charge in [-0.1, -0.05) is 6.42 Å². The third-order valence-electron chi connectivity index (χ3n) is 2.85. The zero-order chi connectivity index (χ0) is 6.32. The predicted octanol–water partition coefficient (Wildman–Crippen LogP) is 0.0872. The largest absolute Gasteiger partial charge is 0.324 e. The summed E-state index contributed by atoms with van der Waals surface area (Å²) in [5.41, 5.74) is 6.30. The normalized spacial score (nSPS) is 49.7. The molecule has 2 unspecified atom stereocenters. The van der Waals surface area contributed by atoms with Gasteiger partial charge in [0.25, 0.3) is 0 Å². The molecule has 0 amide bonds. The Morgan fingerprint density at radius 2 is 2.44 bits per heavy atom. The summed E-state index contributed by atoms with van der Waals surface area (Å²) >= 11 is 0. The number of hydrogen-bond acceptors (Lipinski definition) is 2. The fourth-order valence-electron chi connectivity index (χ4n) is 2.19. The molecule has 2 nitrogen and oxygen atoms in total. The highest BCUT2D eigenvalue weighted by Gasteiger charge is 2.42. The Hall–Kier alpha value is -0.0800. The molecule has 1 aliphatic carbocycles. The smallest absolute Gasteiger partial charge is 0.0321 e. The van der Waals surface area contributed by atoms with Crippen LogP contribution in [0.1, 0.15) is 19.3 Å². The molecular formula is C7H14N2. The summed E-state index contributed by atoms with van der Waals surface area (Å²) in [7, 11) is 0. The standard InChI is InChI=1S/C7H14N2/c8-7-3-1-2-6(7)4-9-5-7/h6,9H,1-5,8H2. The molecule has 1 saturated carbocycles. The average Bonchev–Trinajstić information content (AvgIpc) is 2.22.